The molecule has 0 fully saturated rings. The van der Waals surface area contributed by atoms with Gasteiger partial charge in [-0.15, -0.1) is 0 Å². The van der Waals surface area contributed by atoms with Crippen molar-refractivity contribution < 1.29 is 4.74 Å². The number of hydrogen-bond acceptors (Lipinski definition) is 3. The monoisotopic (exact) mass is 284 g/mol. The Bertz CT molecular complexity index is 575. The number of ether oxygens (including phenoxy) is 1. The van der Waals surface area contributed by atoms with Crippen LogP contribution in [0, 0.1) is 13.8 Å². The van der Waals surface area contributed by atoms with Crippen LogP contribution in [-0.4, -0.2) is 18.6 Å². The van der Waals surface area contributed by atoms with Crippen molar-refractivity contribution in [3.05, 3.63) is 58.8 Å². The maximum Gasteiger partial charge on any atom is 0.217 e. The van der Waals surface area contributed by atoms with Gasteiger partial charge in [0.25, 0.3) is 0 Å². The molecule has 3 nitrogen and oxygen atoms in total. The number of nitrogens with one attached hydrogen (secondary N) is 1. The van der Waals surface area contributed by atoms with Crippen molar-refractivity contribution in [2.24, 2.45) is 0 Å². The summed E-state index contributed by atoms with van der Waals surface area (Å²) in [6.45, 7) is 7.38. The smallest absolute Gasteiger partial charge is 0.217 e. The van der Waals surface area contributed by atoms with E-state index in [2.05, 4.69) is 55.3 Å². The number of aromatic nitrogens is 1. The van der Waals surface area contributed by atoms with Gasteiger partial charge in [-0.2, -0.15) is 0 Å². The summed E-state index contributed by atoms with van der Waals surface area (Å²) in [5.74, 6) is 0.703. The molecule has 21 heavy (non-hydrogen) atoms. The van der Waals surface area contributed by atoms with Crippen molar-refractivity contribution in [2.45, 2.75) is 33.2 Å². The molecule has 1 aromatic heterocycles. The number of benzene rings is 1. The summed E-state index contributed by atoms with van der Waals surface area (Å²) in [5, 5.41) is 3.56. The molecule has 1 atom stereocenters. The second-order valence-corrected chi connectivity index (χ2v) is 5.29. The predicted molar refractivity (Wildman–Crippen MR) is 86.8 cm³/mol. The molecular formula is C18H24N2O. The number of nitrogens with zero attached hydrogens (tertiary/aromatic N) is 1. The van der Waals surface area contributed by atoms with Gasteiger partial charge in [-0.25, -0.2) is 4.98 Å². The molecule has 0 bridgehead atoms. The van der Waals surface area contributed by atoms with E-state index in [1.807, 2.05) is 6.07 Å². The average molecular weight is 284 g/mol. The Morgan fingerprint density at radius 3 is 2.48 bits per heavy atom. The first-order valence-electron chi connectivity index (χ1n) is 7.44. The molecule has 0 saturated carbocycles. The minimum Gasteiger partial charge on any atom is -0.481 e. The molecule has 0 aliphatic rings. The van der Waals surface area contributed by atoms with Gasteiger partial charge in [0, 0.05) is 17.8 Å². The molecule has 0 radical (unpaired) electrons. The van der Waals surface area contributed by atoms with E-state index in [1.54, 1.807) is 13.3 Å². The van der Waals surface area contributed by atoms with Crippen molar-refractivity contribution in [1.29, 1.82) is 0 Å². The molecular weight excluding hydrogens is 260 g/mol. The number of aryl methyl sites for hydroxylation is 2. The van der Waals surface area contributed by atoms with E-state index >= 15 is 0 Å². The minimum atomic E-state index is 0.207. The van der Waals surface area contributed by atoms with E-state index < -0.39 is 0 Å². The minimum absolute atomic E-state index is 0.207. The zero-order valence-corrected chi connectivity index (χ0v) is 13.3. The summed E-state index contributed by atoms with van der Waals surface area (Å²) >= 11 is 0. The highest BCUT2D eigenvalue weighted by atomic mass is 16.5. The van der Waals surface area contributed by atoms with Crippen LogP contribution in [0.2, 0.25) is 0 Å². The number of hydrogen-bond donors (Lipinski definition) is 1. The first-order valence-corrected chi connectivity index (χ1v) is 7.44. The number of pyridine rings is 1. The van der Waals surface area contributed by atoms with E-state index in [4.69, 9.17) is 4.74 Å². The Morgan fingerprint density at radius 2 is 1.86 bits per heavy atom. The average Bonchev–Trinajstić information content (AvgIpc) is 2.50. The fourth-order valence-corrected chi connectivity index (χ4v) is 2.75. The van der Waals surface area contributed by atoms with E-state index in [0.717, 1.165) is 18.5 Å². The number of methoxy groups -OCH3 is 1. The maximum atomic E-state index is 5.42. The summed E-state index contributed by atoms with van der Waals surface area (Å²) < 4.78 is 5.42. The Kier molecular flexibility index (Phi) is 5.34. The third kappa shape index (κ3) is 3.61. The maximum absolute atomic E-state index is 5.42. The largest absolute Gasteiger partial charge is 0.481 e. The third-order valence-corrected chi connectivity index (χ3v) is 3.87. The summed E-state index contributed by atoms with van der Waals surface area (Å²) in [5.41, 5.74) is 5.18. The zero-order chi connectivity index (χ0) is 15.2. The molecule has 3 heteroatoms. The Labute approximate surface area is 127 Å². The van der Waals surface area contributed by atoms with Gasteiger partial charge in [0.2, 0.25) is 5.88 Å². The van der Waals surface area contributed by atoms with Crippen LogP contribution >= 0.6 is 0 Å². The summed E-state index contributed by atoms with van der Waals surface area (Å²) in [6, 6.07) is 10.7. The van der Waals surface area contributed by atoms with Crippen molar-refractivity contribution in [3.8, 4) is 5.88 Å². The van der Waals surface area contributed by atoms with E-state index in [-0.39, 0.29) is 6.04 Å². The lowest BCUT2D eigenvalue weighted by molar-refractivity contribution is 0.382. The molecule has 112 valence electrons. The quantitative estimate of drug-likeness (QED) is 0.880. The van der Waals surface area contributed by atoms with Gasteiger partial charge in [-0.1, -0.05) is 31.2 Å². The highest BCUT2D eigenvalue weighted by Gasteiger charge is 2.18. The first kappa shape index (κ1) is 15.5. The molecule has 1 N–H and O–H groups in total. The van der Waals surface area contributed by atoms with Crippen LogP contribution in [-0.2, 0) is 6.42 Å². The number of rotatable bonds is 6. The zero-order valence-electron chi connectivity index (χ0n) is 13.3. The Hall–Kier alpha value is -1.87. The lowest BCUT2D eigenvalue weighted by Crippen LogP contribution is -2.24. The van der Waals surface area contributed by atoms with Gasteiger partial charge in [0.1, 0.15) is 0 Å². The molecule has 0 aliphatic carbocycles. The van der Waals surface area contributed by atoms with E-state index in [1.165, 1.54) is 16.7 Å². The van der Waals surface area contributed by atoms with E-state index in [0.29, 0.717) is 5.88 Å². The van der Waals surface area contributed by atoms with Crippen LogP contribution in [0.25, 0.3) is 0 Å². The SMILES string of the molecule is CCNC(Cc1c(C)cccc1C)c1cccnc1OC. The van der Waals surface area contributed by atoms with Crippen LogP contribution in [0.1, 0.15) is 35.2 Å². The molecule has 1 aromatic carbocycles. The third-order valence-electron chi connectivity index (χ3n) is 3.87. The molecule has 2 rings (SSSR count). The molecule has 0 saturated heterocycles. The Morgan fingerprint density at radius 1 is 1.14 bits per heavy atom. The second kappa shape index (κ2) is 7.23. The van der Waals surface area contributed by atoms with Crippen LogP contribution < -0.4 is 10.1 Å². The van der Waals surface area contributed by atoms with Crippen LogP contribution in [0.5, 0.6) is 5.88 Å². The highest BCUT2D eigenvalue weighted by Crippen LogP contribution is 2.27. The normalized spacial score (nSPS) is 12.2. The summed E-state index contributed by atoms with van der Waals surface area (Å²) in [6.07, 6.45) is 2.71. The number of likely N-dealkylation sites (N-methyl/N-ethyl adjacent to an activating group) is 1. The van der Waals surface area contributed by atoms with Gasteiger partial charge in [0.15, 0.2) is 0 Å². The Balaban J connectivity index is 2.35. The molecule has 2 aromatic rings. The van der Waals surface area contributed by atoms with Crippen LogP contribution in [0.4, 0.5) is 0 Å². The second-order valence-electron chi connectivity index (χ2n) is 5.29. The summed E-state index contributed by atoms with van der Waals surface area (Å²) in [4.78, 5) is 4.32. The van der Waals surface area contributed by atoms with E-state index in [9.17, 15) is 0 Å². The van der Waals surface area contributed by atoms with Crippen molar-refractivity contribution in [1.82, 2.24) is 10.3 Å². The van der Waals surface area contributed by atoms with Crippen molar-refractivity contribution in [2.75, 3.05) is 13.7 Å². The van der Waals surface area contributed by atoms with Gasteiger partial charge < -0.3 is 10.1 Å². The lowest BCUT2D eigenvalue weighted by atomic mass is 9.93. The predicted octanol–water partition coefficient (Wildman–Crippen LogP) is 3.60. The van der Waals surface area contributed by atoms with Gasteiger partial charge in [-0.3, -0.25) is 0 Å². The van der Waals surface area contributed by atoms with Crippen molar-refractivity contribution in [3.63, 3.8) is 0 Å². The topological polar surface area (TPSA) is 34.2 Å². The molecule has 0 aliphatic heterocycles. The molecule has 1 heterocycles. The van der Waals surface area contributed by atoms with Crippen molar-refractivity contribution >= 4 is 0 Å². The van der Waals surface area contributed by atoms with Gasteiger partial charge in [-0.05, 0) is 49.6 Å². The lowest BCUT2D eigenvalue weighted by Gasteiger charge is -2.22. The molecule has 0 amide bonds. The molecule has 1 unspecified atom stereocenters. The standard InChI is InChI=1S/C18H24N2O/c1-5-19-17(15-10-7-11-20-18(15)21-4)12-16-13(2)8-6-9-14(16)3/h6-11,17,19H,5,12H2,1-4H3. The summed E-state index contributed by atoms with van der Waals surface area (Å²) in [7, 11) is 1.67. The molecule has 0 spiro atoms. The fraction of sp³-hybridized carbons (Fsp3) is 0.389. The first-order chi connectivity index (χ1) is 10.2. The van der Waals surface area contributed by atoms with Gasteiger partial charge >= 0.3 is 0 Å². The fourth-order valence-electron chi connectivity index (χ4n) is 2.75. The van der Waals surface area contributed by atoms with Crippen LogP contribution in [0.15, 0.2) is 36.5 Å². The van der Waals surface area contributed by atoms with Gasteiger partial charge in [0.05, 0.1) is 7.11 Å². The van der Waals surface area contributed by atoms with Crippen LogP contribution in [0.3, 0.4) is 0 Å². The highest BCUT2D eigenvalue weighted by molar-refractivity contribution is 5.37.